The fraction of sp³-hybridized carbons (Fsp3) is 0.385. The molecule has 0 unspecified atom stereocenters. The zero-order valence-electron chi connectivity index (χ0n) is 10.6. The zero-order valence-corrected chi connectivity index (χ0v) is 11.4. The van der Waals surface area contributed by atoms with Crippen LogP contribution >= 0.6 is 11.8 Å². The summed E-state index contributed by atoms with van der Waals surface area (Å²) in [6.45, 7) is 1.32. The van der Waals surface area contributed by atoms with Gasteiger partial charge in [0.2, 0.25) is 0 Å². The predicted octanol–water partition coefficient (Wildman–Crippen LogP) is 2.20. The highest BCUT2D eigenvalue weighted by Crippen LogP contribution is 2.29. The second kappa shape index (κ2) is 7.06. The lowest BCUT2D eigenvalue weighted by Gasteiger charge is -2.23. The third-order valence-corrected chi connectivity index (χ3v) is 3.33. The number of methoxy groups -OCH3 is 1. The summed E-state index contributed by atoms with van der Waals surface area (Å²) in [7, 11) is 1.32. The number of hydrogen-bond donors (Lipinski definition) is 0. The standard InChI is InChI=1S/C13H16O4S/c1-9(14)17-11(10-7-5-4-6-8-10)12(18-3)13(15)16-2/h4-8,11-12H,1-3H3/t11-,12-/m1/s1. The Labute approximate surface area is 111 Å². The molecule has 0 saturated carbocycles. The van der Waals surface area contributed by atoms with Crippen LogP contribution in [0.3, 0.4) is 0 Å². The number of ether oxygens (including phenoxy) is 2. The highest BCUT2D eigenvalue weighted by Gasteiger charge is 2.32. The van der Waals surface area contributed by atoms with Gasteiger partial charge in [0.05, 0.1) is 7.11 Å². The van der Waals surface area contributed by atoms with Crippen LogP contribution in [0.1, 0.15) is 18.6 Å². The van der Waals surface area contributed by atoms with Crippen molar-refractivity contribution in [2.45, 2.75) is 18.3 Å². The Balaban J connectivity index is 3.04. The molecule has 0 radical (unpaired) electrons. The van der Waals surface area contributed by atoms with Gasteiger partial charge < -0.3 is 9.47 Å². The smallest absolute Gasteiger partial charge is 0.322 e. The molecule has 0 aliphatic rings. The fourth-order valence-electron chi connectivity index (χ4n) is 1.59. The zero-order chi connectivity index (χ0) is 13.5. The molecule has 2 atom stereocenters. The van der Waals surface area contributed by atoms with Gasteiger partial charge in [0.15, 0.2) is 0 Å². The van der Waals surface area contributed by atoms with Gasteiger partial charge in [-0.1, -0.05) is 30.3 Å². The molecule has 1 rings (SSSR count). The van der Waals surface area contributed by atoms with Crippen molar-refractivity contribution in [1.29, 1.82) is 0 Å². The van der Waals surface area contributed by atoms with E-state index < -0.39 is 23.3 Å². The summed E-state index contributed by atoms with van der Waals surface area (Å²) in [6.07, 6.45) is 1.15. The van der Waals surface area contributed by atoms with Gasteiger partial charge in [-0.05, 0) is 11.8 Å². The van der Waals surface area contributed by atoms with Crippen LogP contribution in [0.5, 0.6) is 0 Å². The SMILES string of the molecule is COC(=O)[C@H](SC)[C@H](OC(C)=O)c1ccccc1. The van der Waals surface area contributed by atoms with Gasteiger partial charge in [0, 0.05) is 6.92 Å². The molecule has 0 saturated heterocycles. The lowest BCUT2D eigenvalue weighted by atomic mass is 10.1. The van der Waals surface area contributed by atoms with Crippen LogP contribution in [-0.4, -0.2) is 30.6 Å². The summed E-state index contributed by atoms with van der Waals surface area (Å²) < 4.78 is 9.99. The second-order valence-corrected chi connectivity index (χ2v) is 4.60. The van der Waals surface area contributed by atoms with Crippen LogP contribution in [0.25, 0.3) is 0 Å². The molecule has 18 heavy (non-hydrogen) atoms. The van der Waals surface area contributed by atoms with E-state index in [0.717, 1.165) is 5.56 Å². The van der Waals surface area contributed by atoms with Crippen molar-refractivity contribution in [2.75, 3.05) is 13.4 Å². The Morgan fingerprint density at radius 3 is 2.28 bits per heavy atom. The summed E-state index contributed by atoms with van der Waals surface area (Å²) in [5.41, 5.74) is 0.775. The maximum absolute atomic E-state index is 11.7. The molecule has 0 bridgehead atoms. The fourth-order valence-corrected chi connectivity index (χ4v) is 2.33. The van der Waals surface area contributed by atoms with Gasteiger partial charge in [0.25, 0.3) is 0 Å². The molecule has 1 aromatic rings. The molecule has 5 heteroatoms. The first-order chi connectivity index (χ1) is 8.60. The molecule has 0 spiro atoms. The van der Waals surface area contributed by atoms with E-state index >= 15 is 0 Å². The summed E-state index contributed by atoms with van der Waals surface area (Å²) in [5.74, 6) is -0.829. The van der Waals surface area contributed by atoms with Crippen molar-refractivity contribution in [3.63, 3.8) is 0 Å². The van der Waals surface area contributed by atoms with Crippen molar-refractivity contribution in [2.24, 2.45) is 0 Å². The number of benzene rings is 1. The molecule has 98 valence electrons. The lowest BCUT2D eigenvalue weighted by Crippen LogP contribution is -2.29. The molecular formula is C13H16O4S. The first-order valence-electron chi connectivity index (χ1n) is 5.43. The van der Waals surface area contributed by atoms with E-state index in [1.165, 1.54) is 25.8 Å². The van der Waals surface area contributed by atoms with Crippen molar-refractivity contribution < 1.29 is 19.1 Å². The van der Waals surface area contributed by atoms with Crippen molar-refractivity contribution >= 4 is 23.7 Å². The molecule has 0 aromatic heterocycles. The van der Waals surface area contributed by atoms with E-state index in [-0.39, 0.29) is 0 Å². The summed E-state index contributed by atoms with van der Waals surface area (Å²) in [6, 6.07) is 9.17. The van der Waals surface area contributed by atoms with Gasteiger partial charge in [0.1, 0.15) is 11.4 Å². The van der Waals surface area contributed by atoms with Crippen LogP contribution in [0.4, 0.5) is 0 Å². The van der Waals surface area contributed by atoms with Gasteiger partial charge in [-0.3, -0.25) is 9.59 Å². The maximum atomic E-state index is 11.7. The highest BCUT2D eigenvalue weighted by atomic mass is 32.2. The molecule has 0 N–H and O–H groups in total. The molecule has 1 aromatic carbocycles. The molecule has 0 amide bonds. The monoisotopic (exact) mass is 268 g/mol. The van der Waals surface area contributed by atoms with Crippen LogP contribution in [0, 0.1) is 0 Å². The molecule has 0 fully saturated rings. The summed E-state index contributed by atoms with van der Waals surface area (Å²) in [4.78, 5) is 22.9. The Kier molecular flexibility index (Phi) is 5.71. The van der Waals surface area contributed by atoms with E-state index in [0.29, 0.717) is 0 Å². The Morgan fingerprint density at radius 2 is 1.83 bits per heavy atom. The van der Waals surface area contributed by atoms with Gasteiger partial charge in [-0.2, -0.15) is 0 Å². The van der Waals surface area contributed by atoms with Crippen molar-refractivity contribution in [1.82, 2.24) is 0 Å². The Bertz CT molecular complexity index is 405. The molecule has 0 heterocycles. The number of thioether (sulfide) groups is 1. The van der Waals surface area contributed by atoms with Crippen molar-refractivity contribution in [3.8, 4) is 0 Å². The van der Waals surface area contributed by atoms with E-state index in [9.17, 15) is 9.59 Å². The van der Waals surface area contributed by atoms with E-state index in [4.69, 9.17) is 9.47 Å². The highest BCUT2D eigenvalue weighted by molar-refractivity contribution is 7.99. The quantitative estimate of drug-likeness (QED) is 0.766. The first-order valence-corrected chi connectivity index (χ1v) is 6.71. The van der Waals surface area contributed by atoms with Crippen molar-refractivity contribution in [3.05, 3.63) is 35.9 Å². The van der Waals surface area contributed by atoms with Crippen LogP contribution in [0.2, 0.25) is 0 Å². The van der Waals surface area contributed by atoms with E-state index in [1.807, 2.05) is 30.3 Å². The van der Waals surface area contributed by atoms with Crippen LogP contribution in [0.15, 0.2) is 30.3 Å². The van der Waals surface area contributed by atoms with Gasteiger partial charge in [-0.15, -0.1) is 11.8 Å². The largest absolute Gasteiger partial charge is 0.468 e. The summed E-state index contributed by atoms with van der Waals surface area (Å²) in [5, 5.41) is -0.568. The molecule has 0 aliphatic carbocycles. The minimum absolute atomic E-state index is 0.405. The third-order valence-electron chi connectivity index (χ3n) is 2.38. The number of carbonyl (C=O) groups excluding carboxylic acids is 2. The number of hydrogen-bond acceptors (Lipinski definition) is 5. The molecular weight excluding hydrogens is 252 g/mol. The molecule has 4 nitrogen and oxygen atoms in total. The lowest BCUT2D eigenvalue weighted by molar-refractivity contribution is -0.151. The van der Waals surface area contributed by atoms with E-state index in [1.54, 1.807) is 6.26 Å². The third kappa shape index (κ3) is 3.77. The first kappa shape index (κ1) is 14.6. The average molecular weight is 268 g/mol. The minimum atomic E-state index is -0.633. The van der Waals surface area contributed by atoms with E-state index in [2.05, 4.69) is 0 Å². The number of carbonyl (C=O) groups is 2. The van der Waals surface area contributed by atoms with Gasteiger partial charge >= 0.3 is 11.9 Å². The topological polar surface area (TPSA) is 52.6 Å². The summed E-state index contributed by atoms with van der Waals surface area (Å²) >= 11 is 1.30. The minimum Gasteiger partial charge on any atom is -0.468 e. The second-order valence-electron chi connectivity index (χ2n) is 3.62. The Morgan fingerprint density at radius 1 is 1.22 bits per heavy atom. The predicted molar refractivity (Wildman–Crippen MR) is 70.3 cm³/mol. The van der Waals surface area contributed by atoms with Gasteiger partial charge in [-0.25, -0.2) is 0 Å². The average Bonchev–Trinajstić information content (AvgIpc) is 2.38. The number of esters is 2. The molecule has 0 aliphatic heterocycles. The van der Waals surface area contributed by atoms with Crippen LogP contribution < -0.4 is 0 Å². The Hall–Kier alpha value is -1.49. The normalized spacial score (nSPS) is 13.5. The maximum Gasteiger partial charge on any atom is 0.322 e. The van der Waals surface area contributed by atoms with Crippen LogP contribution in [-0.2, 0) is 19.1 Å². The number of rotatable bonds is 5.